The van der Waals surface area contributed by atoms with E-state index in [1.807, 2.05) is 45.2 Å². The lowest BCUT2D eigenvalue weighted by Crippen LogP contribution is -2.39. The fraction of sp³-hybridized carbons (Fsp3) is 0.375. The molecular weight excluding hydrogens is 483 g/mol. The predicted octanol–water partition coefficient (Wildman–Crippen LogP) is 6.79. The van der Waals surface area contributed by atoms with Crippen LogP contribution in [0.25, 0.3) is 11.3 Å². The van der Waals surface area contributed by atoms with Crippen LogP contribution in [0.1, 0.15) is 35.1 Å². The van der Waals surface area contributed by atoms with Crippen LogP contribution in [0.2, 0.25) is 10.0 Å². The first-order valence-electron chi connectivity index (χ1n) is 10.6. The van der Waals surface area contributed by atoms with E-state index >= 15 is 0 Å². The lowest BCUT2D eigenvalue weighted by Gasteiger charge is -2.32. The second kappa shape index (κ2) is 8.98. The summed E-state index contributed by atoms with van der Waals surface area (Å²) in [5.41, 5.74) is 5.51. The van der Waals surface area contributed by atoms with Crippen LogP contribution in [0.3, 0.4) is 0 Å². The van der Waals surface area contributed by atoms with Gasteiger partial charge in [-0.1, -0.05) is 29.3 Å². The van der Waals surface area contributed by atoms with E-state index in [-0.39, 0.29) is 5.25 Å². The number of halogens is 2. The van der Waals surface area contributed by atoms with E-state index in [4.69, 9.17) is 28.2 Å². The summed E-state index contributed by atoms with van der Waals surface area (Å²) in [4.78, 5) is 7.47. The van der Waals surface area contributed by atoms with E-state index in [0.29, 0.717) is 40.9 Å². The summed E-state index contributed by atoms with van der Waals surface area (Å²) in [5, 5.41) is 3.66. The molecule has 0 unspecified atom stereocenters. The molecule has 1 fully saturated rings. The van der Waals surface area contributed by atoms with Gasteiger partial charge in [0.2, 0.25) is 0 Å². The molecule has 0 saturated carbocycles. The summed E-state index contributed by atoms with van der Waals surface area (Å²) in [6, 6.07) is 7.46. The Morgan fingerprint density at radius 2 is 1.50 bits per heavy atom. The van der Waals surface area contributed by atoms with Crippen molar-refractivity contribution in [2.45, 2.75) is 50.7 Å². The van der Waals surface area contributed by atoms with Gasteiger partial charge in [0, 0.05) is 34.1 Å². The van der Waals surface area contributed by atoms with E-state index in [1.165, 1.54) is 0 Å². The van der Waals surface area contributed by atoms with E-state index in [1.54, 1.807) is 17.4 Å². The highest BCUT2D eigenvalue weighted by Gasteiger charge is 2.34. The number of nitrogens with zero attached hydrogens (tertiary/aromatic N) is 2. The quantitative estimate of drug-likeness (QED) is 0.389. The molecule has 4 rings (SSSR count). The van der Waals surface area contributed by atoms with Gasteiger partial charge in [-0.3, -0.25) is 0 Å². The zero-order valence-corrected chi connectivity index (χ0v) is 21.7. The molecule has 4 nitrogen and oxygen atoms in total. The van der Waals surface area contributed by atoms with Crippen LogP contribution in [0, 0.1) is 27.7 Å². The Morgan fingerprint density at radius 1 is 0.938 bits per heavy atom. The first kappa shape index (κ1) is 23.6. The smallest absolute Gasteiger partial charge is 0.185 e. The Labute approximate surface area is 204 Å². The van der Waals surface area contributed by atoms with Crippen LogP contribution in [-0.2, 0) is 9.84 Å². The number of aryl methyl sites for hydroxylation is 2. The molecular formula is C24H26Cl2N2O2S2. The highest BCUT2D eigenvalue weighted by Crippen LogP contribution is 2.35. The minimum Gasteiger partial charge on any atom is -0.348 e. The predicted molar refractivity (Wildman–Crippen MR) is 135 cm³/mol. The molecule has 8 heteroatoms. The van der Waals surface area contributed by atoms with E-state index in [9.17, 15) is 8.42 Å². The van der Waals surface area contributed by atoms with Gasteiger partial charge < -0.3 is 4.90 Å². The molecule has 1 aliphatic heterocycles. The van der Waals surface area contributed by atoms with Gasteiger partial charge in [-0.25, -0.2) is 13.4 Å². The molecule has 1 saturated heterocycles. The Kier molecular flexibility index (Phi) is 6.61. The van der Waals surface area contributed by atoms with Gasteiger partial charge in [0.1, 0.15) is 0 Å². The molecule has 2 aromatic carbocycles. The van der Waals surface area contributed by atoms with Gasteiger partial charge in [0.25, 0.3) is 0 Å². The van der Waals surface area contributed by atoms with Gasteiger partial charge >= 0.3 is 0 Å². The maximum Gasteiger partial charge on any atom is 0.185 e. The van der Waals surface area contributed by atoms with Crippen LogP contribution in [0.15, 0.2) is 34.5 Å². The van der Waals surface area contributed by atoms with E-state index in [0.717, 1.165) is 38.6 Å². The van der Waals surface area contributed by atoms with Crippen molar-refractivity contribution in [2.75, 3.05) is 18.0 Å². The largest absolute Gasteiger partial charge is 0.348 e. The number of piperidine rings is 1. The number of thiazole rings is 1. The van der Waals surface area contributed by atoms with Crippen molar-refractivity contribution in [3.63, 3.8) is 0 Å². The van der Waals surface area contributed by atoms with Crippen LogP contribution >= 0.6 is 34.5 Å². The highest BCUT2D eigenvalue weighted by atomic mass is 35.5. The van der Waals surface area contributed by atoms with Crippen molar-refractivity contribution >= 4 is 49.5 Å². The normalized spacial score (nSPS) is 15.4. The number of hydrogen-bond donors (Lipinski definition) is 0. The molecule has 1 aliphatic rings. The standard InChI is InChI=1S/C24H26Cl2N2O2S2/c1-14-9-15(2)17(4)23(16(14)3)32(29,30)21-5-7-28(8-6-21)24-27-22(13-31-24)18-10-19(25)12-20(26)11-18/h9-13,21H,5-8H2,1-4H3. The van der Waals surface area contributed by atoms with Crippen molar-refractivity contribution in [1.82, 2.24) is 4.98 Å². The first-order valence-corrected chi connectivity index (χ1v) is 13.7. The Bertz CT molecular complexity index is 1230. The molecule has 0 N–H and O–H groups in total. The third-order valence-corrected chi connectivity index (χ3v) is 10.3. The lowest BCUT2D eigenvalue weighted by molar-refractivity contribution is 0.528. The summed E-state index contributed by atoms with van der Waals surface area (Å²) in [6.07, 6.45) is 1.18. The summed E-state index contributed by atoms with van der Waals surface area (Å²) in [7, 11) is -3.39. The lowest BCUT2D eigenvalue weighted by atomic mass is 10.0. The Balaban J connectivity index is 1.52. The van der Waals surface area contributed by atoms with Crippen LogP contribution in [-0.4, -0.2) is 31.7 Å². The summed E-state index contributed by atoms with van der Waals surface area (Å²) in [5.74, 6) is 0. The molecule has 0 aliphatic carbocycles. The van der Waals surface area contributed by atoms with Gasteiger partial charge in [0.15, 0.2) is 15.0 Å². The monoisotopic (exact) mass is 508 g/mol. The molecule has 3 aromatic rings. The molecule has 32 heavy (non-hydrogen) atoms. The van der Waals surface area contributed by atoms with E-state index < -0.39 is 9.84 Å². The van der Waals surface area contributed by atoms with Crippen molar-refractivity contribution in [3.8, 4) is 11.3 Å². The first-order chi connectivity index (χ1) is 15.1. The fourth-order valence-corrected chi connectivity index (χ4v) is 8.13. The van der Waals surface area contributed by atoms with Gasteiger partial charge in [-0.2, -0.15) is 0 Å². The third kappa shape index (κ3) is 4.43. The fourth-order valence-electron chi connectivity index (χ4n) is 4.38. The average molecular weight is 510 g/mol. The van der Waals surface area contributed by atoms with Crippen LogP contribution < -0.4 is 4.90 Å². The SMILES string of the molecule is Cc1cc(C)c(C)c(S(=O)(=O)C2CCN(c3nc(-c4cc(Cl)cc(Cl)c4)cs3)CC2)c1C. The van der Waals surface area contributed by atoms with Crippen LogP contribution in [0.5, 0.6) is 0 Å². The minimum absolute atomic E-state index is 0.372. The van der Waals surface area contributed by atoms with Gasteiger partial charge in [0.05, 0.1) is 15.8 Å². The van der Waals surface area contributed by atoms with Crippen molar-refractivity contribution in [3.05, 3.63) is 61.9 Å². The Hall–Kier alpha value is -1.60. The zero-order valence-electron chi connectivity index (χ0n) is 18.6. The summed E-state index contributed by atoms with van der Waals surface area (Å²) >= 11 is 13.8. The van der Waals surface area contributed by atoms with Crippen molar-refractivity contribution in [2.24, 2.45) is 0 Å². The molecule has 1 aromatic heterocycles. The molecule has 0 spiro atoms. The number of aromatic nitrogens is 1. The molecule has 2 heterocycles. The second-order valence-electron chi connectivity index (χ2n) is 8.49. The number of rotatable bonds is 4. The number of hydrogen-bond acceptors (Lipinski definition) is 5. The zero-order chi connectivity index (χ0) is 23.2. The molecule has 0 atom stereocenters. The molecule has 0 amide bonds. The summed E-state index contributed by atoms with van der Waals surface area (Å²) < 4.78 is 27.1. The highest BCUT2D eigenvalue weighted by molar-refractivity contribution is 7.92. The molecule has 170 valence electrons. The van der Waals surface area contributed by atoms with Gasteiger partial charge in [-0.05, 0) is 81.0 Å². The van der Waals surface area contributed by atoms with Crippen LogP contribution in [0.4, 0.5) is 5.13 Å². The second-order valence-corrected chi connectivity index (χ2v) is 12.4. The third-order valence-electron chi connectivity index (χ3n) is 6.38. The van der Waals surface area contributed by atoms with Gasteiger partial charge in [-0.15, -0.1) is 11.3 Å². The maximum absolute atomic E-state index is 13.6. The average Bonchev–Trinajstić information content (AvgIpc) is 3.22. The Morgan fingerprint density at radius 3 is 2.06 bits per heavy atom. The molecule has 0 bridgehead atoms. The number of benzene rings is 2. The summed E-state index contributed by atoms with van der Waals surface area (Å²) in [6.45, 7) is 9.13. The number of sulfone groups is 1. The molecule has 0 radical (unpaired) electrons. The number of anilines is 1. The van der Waals surface area contributed by atoms with Crippen molar-refractivity contribution < 1.29 is 8.42 Å². The maximum atomic E-state index is 13.6. The van der Waals surface area contributed by atoms with E-state index in [2.05, 4.69) is 11.0 Å². The topological polar surface area (TPSA) is 50.3 Å². The van der Waals surface area contributed by atoms with Crippen molar-refractivity contribution in [1.29, 1.82) is 0 Å². The minimum atomic E-state index is -3.39.